The summed E-state index contributed by atoms with van der Waals surface area (Å²) in [5, 5.41) is 2.98. The summed E-state index contributed by atoms with van der Waals surface area (Å²) in [5.74, 6) is -1.35. The summed E-state index contributed by atoms with van der Waals surface area (Å²) < 4.78 is 10.0. The standard InChI is InChI=1S/C16H21NO5S/c1-5-8-11(18)17-14-12(15(19)21-7-3)10(4)13(23-14)16(20)22-9-6-2/h6H,2,5,7-9H2,1,3-4H3,(H,17,18). The van der Waals surface area contributed by atoms with Gasteiger partial charge in [0.25, 0.3) is 0 Å². The number of nitrogens with one attached hydrogen (secondary N) is 1. The van der Waals surface area contributed by atoms with Crippen LogP contribution in [-0.2, 0) is 14.3 Å². The lowest BCUT2D eigenvalue weighted by Gasteiger charge is -2.06. The Morgan fingerprint density at radius 2 is 1.91 bits per heavy atom. The van der Waals surface area contributed by atoms with Crippen LogP contribution in [0.5, 0.6) is 0 Å². The van der Waals surface area contributed by atoms with E-state index in [9.17, 15) is 14.4 Å². The number of carbonyl (C=O) groups excluding carboxylic acids is 3. The minimum absolute atomic E-state index is 0.0719. The van der Waals surface area contributed by atoms with Crippen molar-refractivity contribution >= 4 is 34.2 Å². The largest absolute Gasteiger partial charge is 0.462 e. The molecule has 7 heteroatoms. The van der Waals surface area contributed by atoms with Gasteiger partial charge in [0.2, 0.25) is 5.91 Å². The number of thiophene rings is 1. The highest BCUT2D eigenvalue weighted by Gasteiger charge is 2.27. The third kappa shape index (κ3) is 4.92. The summed E-state index contributed by atoms with van der Waals surface area (Å²) in [6.45, 7) is 8.95. The van der Waals surface area contributed by atoms with Crippen molar-refractivity contribution in [1.29, 1.82) is 0 Å². The maximum absolute atomic E-state index is 12.1. The van der Waals surface area contributed by atoms with Gasteiger partial charge in [-0.1, -0.05) is 19.6 Å². The van der Waals surface area contributed by atoms with E-state index in [0.29, 0.717) is 23.4 Å². The third-order valence-electron chi connectivity index (χ3n) is 2.87. The van der Waals surface area contributed by atoms with Crippen molar-refractivity contribution in [3.8, 4) is 0 Å². The summed E-state index contributed by atoms with van der Waals surface area (Å²) in [4.78, 5) is 36.3. The second-order valence-corrected chi connectivity index (χ2v) is 5.69. The van der Waals surface area contributed by atoms with Crippen molar-refractivity contribution in [2.75, 3.05) is 18.5 Å². The smallest absolute Gasteiger partial charge is 0.348 e. The average molecular weight is 339 g/mol. The van der Waals surface area contributed by atoms with E-state index in [2.05, 4.69) is 11.9 Å². The number of carbonyl (C=O) groups is 3. The first kappa shape index (κ1) is 18.9. The second-order valence-electron chi connectivity index (χ2n) is 4.67. The van der Waals surface area contributed by atoms with Crippen molar-refractivity contribution in [2.24, 2.45) is 0 Å². The Balaban J connectivity index is 3.19. The monoisotopic (exact) mass is 339 g/mol. The zero-order valence-corrected chi connectivity index (χ0v) is 14.4. The van der Waals surface area contributed by atoms with Crippen molar-refractivity contribution in [2.45, 2.75) is 33.6 Å². The van der Waals surface area contributed by atoms with E-state index in [0.717, 1.165) is 11.3 Å². The van der Waals surface area contributed by atoms with E-state index in [-0.39, 0.29) is 29.6 Å². The van der Waals surface area contributed by atoms with E-state index < -0.39 is 11.9 Å². The summed E-state index contributed by atoms with van der Waals surface area (Å²) in [7, 11) is 0. The minimum atomic E-state index is -0.573. The van der Waals surface area contributed by atoms with Gasteiger partial charge in [0, 0.05) is 6.42 Å². The van der Waals surface area contributed by atoms with Gasteiger partial charge in [-0.05, 0) is 25.8 Å². The van der Waals surface area contributed by atoms with E-state index in [1.807, 2.05) is 6.92 Å². The molecule has 0 aliphatic heterocycles. The highest BCUT2D eigenvalue weighted by Crippen LogP contribution is 2.34. The fourth-order valence-corrected chi connectivity index (χ4v) is 2.97. The molecule has 126 valence electrons. The van der Waals surface area contributed by atoms with Crippen LogP contribution < -0.4 is 5.32 Å². The van der Waals surface area contributed by atoms with Gasteiger partial charge in [-0.15, -0.1) is 11.3 Å². The van der Waals surface area contributed by atoms with Crippen LogP contribution in [0.2, 0.25) is 0 Å². The van der Waals surface area contributed by atoms with Crippen LogP contribution in [0.25, 0.3) is 0 Å². The summed E-state index contributed by atoms with van der Waals surface area (Å²) in [6.07, 6.45) is 2.46. The number of ether oxygens (including phenoxy) is 2. The van der Waals surface area contributed by atoms with Crippen molar-refractivity contribution in [3.63, 3.8) is 0 Å². The average Bonchev–Trinajstić information content (AvgIpc) is 2.81. The molecular formula is C16H21NO5S. The molecule has 1 aromatic heterocycles. The van der Waals surface area contributed by atoms with E-state index in [1.165, 1.54) is 6.08 Å². The van der Waals surface area contributed by atoms with Gasteiger partial charge < -0.3 is 14.8 Å². The topological polar surface area (TPSA) is 81.7 Å². The predicted octanol–water partition coefficient (Wildman–Crippen LogP) is 3.31. The molecule has 0 unspecified atom stereocenters. The Kier molecular flexibility index (Phi) is 7.47. The van der Waals surface area contributed by atoms with Gasteiger partial charge in [-0.3, -0.25) is 4.79 Å². The zero-order valence-electron chi connectivity index (χ0n) is 13.6. The number of amides is 1. The first-order valence-electron chi connectivity index (χ1n) is 7.34. The van der Waals surface area contributed by atoms with E-state index in [1.54, 1.807) is 13.8 Å². The van der Waals surface area contributed by atoms with Crippen LogP contribution in [0, 0.1) is 6.92 Å². The lowest BCUT2D eigenvalue weighted by atomic mass is 10.1. The molecule has 0 spiro atoms. The first-order valence-corrected chi connectivity index (χ1v) is 8.16. The van der Waals surface area contributed by atoms with Crippen LogP contribution in [0.1, 0.15) is 52.3 Å². The Hall–Kier alpha value is -2.15. The zero-order chi connectivity index (χ0) is 17.4. The fraction of sp³-hybridized carbons (Fsp3) is 0.438. The molecule has 23 heavy (non-hydrogen) atoms. The molecule has 0 atom stereocenters. The molecule has 0 aromatic carbocycles. The molecular weight excluding hydrogens is 318 g/mol. The van der Waals surface area contributed by atoms with Crippen molar-refractivity contribution < 1.29 is 23.9 Å². The van der Waals surface area contributed by atoms with Gasteiger partial charge in [0.15, 0.2) is 0 Å². The SMILES string of the molecule is C=CCOC(=O)c1sc(NC(=O)CCC)c(C(=O)OCC)c1C. The third-order valence-corrected chi connectivity index (χ3v) is 4.06. The molecule has 0 aliphatic carbocycles. The summed E-state index contributed by atoms with van der Waals surface area (Å²) in [5.41, 5.74) is 0.640. The second kappa shape index (κ2) is 9.09. The van der Waals surface area contributed by atoms with Gasteiger partial charge >= 0.3 is 11.9 Å². The molecule has 1 rings (SSSR count). The highest BCUT2D eigenvalue weighted by atomic mass is 32.1. The maximum atomic E-state index is 12.1. The molecule has 0 bridgehead atoms. The Morgan fingerprint density at radius 3 is 2.48 bits per heavy atom. The Bertz CT molecular complexity index is 606. The lowest BCUT2D eigenvalue weighted by Crippen LogP contribution is -2.14. The van der Waals surface area contributed by atoms with Crippen LogP contribution in [-0.4, -0.2) is 31.1 Å². The molecule has 1 amide bonds. The summed E-state index contributed by atoms with van der Waals surface area (Å²) in [6, 6.07) is 0. The molecule has 0 saturated carbocycles. The highest BCUT2D eigenvalue weighted by molar-refractivity contribution is 7.18. The molecule has 1 heterocycles. The molecule has 1 N–H and O–H groups in total. The lowest BCUT2D eigenvalue weighted by molar-refractivity contribution is -0.116. The fourth-order valence-electron chi connectivity index (χ4n) is 1.86. The molecule has 0 aliphatic rings. The quantitative estimate of drug-likeness (QED) is 0.580. The summed E-state index contributed by atoms with van der Waals surface area (Å²) >= 11 is 1.01. The molecule has 1 aromatic rings. The van der Waals surface area contributed by atoms with Crippen LogP contribution in [0.15, 0.2) is 12.7 Å². The van der Waals surface area contributed by atoms with Crippen LogP contribution in [0.3, 0.4) is 0 Å². The normalized spacial score (nSPS) is 10.0. The van der Waals surface area contributed by atoms with Gasteiger partial charge in [0.1, 0.15) is 16.5 Å². The molecule has 0 radical (unpaired) electrons. The maximum Gasteiger partial charge on any atom is 0.348 e. The van der Waals surface area contributed by atoms with E-state index in [4.69, 9.17) is 9.47 Å². The van der Waals surface area contributed by atoms with Crippen LogP contribution >= 0.6 is 11.3 Å². The first-order chi connectivity index (χ1) is 11.0. The molecule has 6 nitrogen and oxygen atoms in total. The van der Waals surface area contributed by atoms with Crippen molar-refractivity contribution in [1.82, 2.24) is 0 Å². The predicted molar refractivity (Wildman–Crippen MR) is 89.0 cm³/mol. The Labute approximate surface area is 139 Å². The number of anilines is 1. The number of hydrogen-bond donors (Lipinski definition) is 1. The number of rotatable bonds is 8. The molecule has 0 fully saturated rings. The van der Waals surface area contributed by atoms with Gasteiger partial charge in [0.05, 0.1) is 12.2 Å². The van der Waals surface area contributed by atoms with Crippen LogP contribution in [0.4, 0.5) is 5.00 Å². The number of esters is 2. The number of hydrogen-bond acceptors (Lipinski definition) is 6. The molecule has 0 saturated heterocycles. The van der Waals surface area contributed by atoms with Crippen molar-refractivity contribution in [3.05, 3.63) is 28.7 Å². The van der Waals surface area contributed by atoms with Gasteiger partial charge in [-0.25, -0.2) is 9.59 Å². The van der Waals surface area contributed by atoms with Gasteiger partial charge in [-0.2, -0.15) is 0 Å². The Morgan fingerprint density at radius 1 is 1.22 bits per heavy atom. The van der Waals surface area contributed by atoms with E-state index >= 15 is 0 Å². The minimum Gasteiger partial charge on any atom is -0.462 e.